The highest BCUT2D eigenvalue weighted by Crippen LogP contribution is 2.46. The fraction of sp³-hybridized carbons (Fsp3) is 0.115. The molecule has 0 saturated heterocycles. The third-order valence-electron chi connectivity index (χ3n) is 5.14. The third-order valence-corrected chi connectivity index (χ3v) is 5.14. The van der Waals surface area contributed by atoms with Crippen LogP contribution >= 0.6 is 0 Å². The van der Waals surface area contributed by atoms with Gasteiger partial charge in [0, 0.05) is 17.6 Å². The van der Waals surface area contributed by atoms with E-state index >= 15 is 0 Å². The summed E-state index contributed by atoms with van der Waals surface area (Å²) >= 11 is 0. The molecule has 1 heterocycles. The SMILES string of the molecule is O=C(C1=C(C(F)F)OC(/C=C/c2ccccc2)(c2ccccc2)C1)c1ccccc1. The average Bonchev–Trinajstić information content (AvgIpc) is 3.21. The highest BCUT2D eigenvalue weighted by atomic mass is 19.3. The Balaban J connectivity index is 1.77. The van der Waals surface area contributed by atoms with Crippen LogP contribution in [-0.4, -0.2) is 12.2 Å². The summed E-state index contributed by atoms with van der Waals surface area (Å²) < 4.78 is 33.8. The minimum absolute atomic E-state index is 0.0118. The van der Waals surface area contributed by atoms with Crippen molar-refractivity contribution in [2.24, 2.45) is 0 Å². The standard InChI is InChI=1S/C26H20F2O2/c27-25(28)24-22(23(29)20-12-6-2-7-13-20)18-26(30-24,21-14-8-3-9-15-21)17-16-19-10-4-1-5-11-19/h1-17,25H,18H2/b17-16+. The molecule has 1 aliphatic rings. The van der Waals surface area contributed by atoms with E-state index in [1.807, 2.05) is 66.7 Å². The molecule has 30 heavy (non-hydrogen) atoms. The lowest BCUT2D eigenvalue weighted by Crippen LogP contribution is -2.24. The zero-order chi connectivity index (χ0) is 21.0. The van der Waals surface area contributed by atoms with Crippen molar-refractivity contribution in [1.82, 2.24) is 0 Å². The molecule has 0 saturated carbocycles. The van der Waals surface area contributed by atoms with Crippen LogP contribution in [0, 0.1) is 0 Å². The molecular formula is C26H20F2O2. The second kappa shape index (κ2) is 8.46. The minimum atomic E-state index is -2.89. The third kappa shape index (κ3) is 3.94. The lowest BCUT2D eigenvalue weighted by Gasteiger charge is -2.27. The molecule has 4 rings (SSSR count). The van der Waals surface area contributed by atoms with E-state index in [9.17, 15) is 13.6 Å². The van der Waals surface area contributed by atoms with E-state index in [1.54, 1.807) is 36.4 Å². The van der Waals surface area contributed by atoms with Crippen LogP contribution in [0.4, 0.5) is 8.78 Å². The van der Waals surface area contributed by atoms with Gasteiger partial charge in [0.05, 0.1) is 0 Å². The first-order chi connectivity index (χ1) is 14.6. The number of hydrogen-bond donors (Lipinski definition) is 0. The van der Waals surface area contributed by atoms with Crippen LogP contribution in [-0.2, 0) is 10.3 Å². The van der Waals surface area contributed by atoms with E-state index in [1.165, 1.54) is 0 Å². The molecule has 0 amide bonds. The summed E-state index contributed by atoms with van der Waals surface area (Å²) in [5.41, 5.74) is 0.828. The van der Waals surface area contributed by atoms with Gasteiger partial charge in [0.25, 0.3) is 6.43 Å². The number of allylic oxidation sites excluding steroid dienone is 1. The molecule has 1 atom stereocenters. The van der Waals surface area contributed by atoms with E-state index in [0.29, 0.717) is 11.1 Å². The zero-order valence-corrected chi connectivity index (χ0v) is 16.2. The number of rotatable bonds is 6. The molecule has 3 aromatic rings. The number of alkyl halides is 2. The molecule has 150 valence electrons. The lowest BCUT2D eigenvalue weighted by atomic mass is 9.85. The van der Waals surface area contributed by atoms with Gasteiger partial charge < -0.3 is 4.74 Å². The van der Waals surface area contributed by atoms with Gasteiger partial charge in [-0.05, 0) is 17.2 Å². The highest BCUT2D eigenvalue weighted by molar-refractivity contribution is 6.09. The van der Waals surface area contributed by atoms with Crippen molar-refractivity contribution in [2.45, 2.75) is 18.4 Å². The predicted octanol–water partition coefficient (Wildman–Crippen LogP) is 6.42. The Labute approximate surface area is 174 Å². The van der Waals surface area contributed by atoms with Crippen molar-refractivity contribution >= 4 is 11.9 Å². The number of Topliss-reactive ketones (excluding diaryl/α,β-unsaturated/α-hetero) is 1. The molecule has 0 spiro atoms. The number of benzene rings is 3. The fourth-order valence-corrected chi connectivity index (χ4v) is 3.64. The summed E-state index contributed by atoms with van der Waals surface area (Å²) in [4.78, 5) is 13.1. The van der Waals surface area contributed by atoms with Gasteiger partial charge in [0.2, 0.25) is 0 Å². The Morgan fingerprint density at radius 3 is 2.03 bits per heavy atom. The molecule has 3 aromatic carbocycles. The van der Waals surface area contributed by atoms with E-state index in [4.69, 9.17) is 4.74 Å². The first-order valence-corrected chi connectivity index (χ1v) is 9.69. The number of ketones is 1. The van der Waals surface area contributed by atoms with Crippen LogP contribution in [0.15, 0.2) is 108 Å². The maximum absolute atomic E-state index is 13.9. The van der Waals surface area contributed by atoms with Gasteiger partial charge in [-0.1, -0.05) is 97.1 Å². The largest absolute Gasteiger partial charge is 0.476 e. The fourth-order valence-electron chi connectivity index (χ4n) is 3.64. The Morgan fingerprint density at radius 2 is 1.43 bits per heavy atom. The molecule has 4 heteroatoms. The van der Waals surface area contributed by atoms with Crippen molar-refractivity contribution in [2.75, 3.05) is 0 Å². The molecule has 1 aliphatic heterocycles. The second-order valence-electron chi connectivity index (χ2n) is 7.12. The van der Waals surface area contributed by atoms with Crippen LogP contribution in [0.25, 0.3) is 6.08 Å². The number of ether oxygens (including phenoxy) is 1. The summed E-state index contributed by atoms with van der Waals surface area (Å²) in [6.45, 7) is 0. The van der Waals surface area contributed by atoms with E-state index < -0.39 is 23.6 Å². The van der Waals surface area contributed by atoms with Gasteiger partial charge in [0.1, 0.15) is 0 Å². The molecule has 0 aromatic heterocycles. The topological polar surface area (TPSA) is 26.3 Å². The summed E-state index contributed by atoms with van der Waals surface area (Å²) in [5.74, 6) is -0.984. The Hall–Kier alpha value is -3.53. The Bertz CT molecular complexity index is 1070. The predicted molar refractivity (Wildman–Crippen MR) is 113 cm³/mol. The van der Waals surface area contributed by atoms with Crippen molar-refractivity contribution in [3.8, 4) is 0 Å². The number of halogens is 2. The number of carbonyl (C=O) groups is 1. The quantitative estimate of drug-likeness (QED) is 0.445. The summed E-state index contributed by atoms with van der Waals surface area (Å²) in [5, 5.41) is 0. The van der Waals surface area contributed by atoms with Gasteiger partial charge in [-0.15, -0.1) is 0 Å². The second-order valence-corrected chi connectivity index (χ2v) is 7.12. The lowest BCUT2D eigenvalue weighted by molar-refractivity contribution is 0.0143. The first-order valence-electron chi connectivity index (χ1n) is 9.69. The average molecular weight is 402 g/mol. The van der Waals surface area contributed by atoms with E-state index in [2.05, 4.69) is 0 Å². The molecule has 0 N–H and O–H groups in total. The van der Waals surface area contributed by atoms with Crippen molar-refractivity contribution in [3.63, 3.8) is 0 Å². The van der Waals surface area contributed by atoms with Crippen LogP contribution in [0.2, 0.25) is 0 Å². The van der Waals surface area contributed by atoms with Gasteiger partial charge in [0.15, 0.2) is 17.1 Å². The molecule has 0 fully saturated rings. The minimum Gasteiger partial charge on any atom is -0.476 e. The first kappa shape index (κ1) is 19.8. The molecule has 0 aliphatic carbocycles. The Kier molecular flexibility index (Phi) is 5.57. The zero-order valence-electron chi connectivity index (χ0n) is 16.2. The number of carbonyl (C=O) groups excluding carboxylic acids is 1. The van der Waals surface area contributed by atoms with Crippen molar-refractivity contribution in [1.29, 1.82) is 0 Å². The van der Waals surface area contributed by atoms with Gasteiger partial charge in [-0.3, -0.25) is 4.79 Å². The Morgan fingerprint density at radius 1 is 0.867 bits per heavy atom. The van der Waals surface area contributed by atoms with Crippen LogP contribution < -0.4 is 0 Å². The highest BCUT2D eigenvalue weighted by Gasteiger charge is 2.45. The number of hydrogen-bond acceptors (Lipinski definition) is 2. The molecular weight excluding hydrogens is 382 g/mol. The molecule has 2 nitrogen and oxygen atoms in total. The van der Waals surface area contributed by atoms with Gasteiger partial charge >= 0.3 is 0 Å². The van der Waals surface area contributed by atoms with Gasteiger partial charge in [-0.2, -0.15) is 0 Å². The maximum atomic E-state index is 13.9. The molecule has 1 unspecified atom stereocenters. The normalized spacial score (nSPS) is 18.8. The summed E-state index contributed by atoms with van der Waals surface area (Å²) in [6, 6.07) is 27.2. The van der Waals surface area contributed by atoms with Crippen molar-refractivity contribution in [3.05, 3.63) is 125 Å². The molecule has 0 bridgehead atoms. The van der Waals surface area contributed by atoms with Crippen molar-refractivity contribution < 1.29 is 18.3 Å². The molecule has 0 radical (unpaired) electrons. The smallest absolute Gasteiger partial charge is 0.295 e. The van der Waals surface area contributed by atoms with E-state index in [-0.39, 0.29) is 12.0 Å². The van der Waals surface area contributed by atoms with Crippen LogP contribution in [0.5, 0.6) is 0 Å². The van der Waals surface area contributed by atoms with E-state index in [0.717, 1.165) is 5.56 Å². The van der Waals surface area contributed by atoms with Crippen LogP contribution in [0.1, 0.15) is 27.9 Å². The summed E-state index contributed by atoms with van der Waals surface area (Å²) in [6.07, 6.45) is 0.758. The van der Waals surface area contributed by atoms with Gasteiger partial charge in [-0.25, -0.2) is 8.78 Å². The summed E-state index contributed by atoms with van der Waals surface area (Å²) in [7, 11) is 0. The van der Waals surface area contributed by atoms with Crippen LogP contribution in [0.3, 0.4) is 0 Å². The maximum Gasteiger partial charge on any atom is 0.295 e. The monoisotopic (exact) mass is 402 g/mol.